The van der Waals surface area contributed by atoms with E-state index < -0.39 is 24.0 Å². The molecule has 1 aromatic rings. The monoisotopic (exact) mass is 298 g/mol. The van der Waals surface area contributed by atoms with E-state index in [2.05, 4.69) is 0 Å². The Kier molecular flexibility index (Phi) is 4.74. The average Bonchev–Trinajstić information content (AvgIpc) is 3.09. The van der Waals surface area contributed by atoms with Crippen LogP contribution in [0, 0.1) is 5.92 Å². The van der Waals surface area contributed by atoms with Gasteiger partial charge in [-0.15, -0.1) is 11.3 Å². The number of rotatable bonds is 5. The van der Waals surface area contributed by atoms with Gasteiger partial charge in [0.05, 0.1) is 19.3 Å². The van der Waals surface area contributed by atoms with E-state index in [1.807, 2.05) is 18.4 Å². The van der Waals surface area contributed by atoms with Crippen LogP contribution >= 0.6 is 11.3 Å². The summed E-state index contributed by atoms with van der Waals surface area (Å²) in [6.45, 7) is 2.61. The Bertz CT molecular complexity index is 477. The number of aliphatic carboxylic acids is 1. The van der Waals surface area contributed by atoms with Crippen LogP contribution in [0.1, 0.15) is 17.8 Å². The number of hydrogen-bond acceptors (Lipinski definition) is 5. The summed E-state index contributed by atoms with van der Waals surface area (Å²) >= 11 is 1.42. The van der Waals surface area contributed by atoms with E-state index in [1.54, 1.807) is 6.07 Å². The van der Waals surface area contributed by atoms with E-state index in [9.17, 15) is 14.7 Å². The molecule has 3 N–H and O–H groups in total. The van der Waals surface area contributed by atoms with E-state index in [-0.39, 0.29) is 19.1 Å². The summed E-state index contributed by atoms with van der Waals surface area (Å²) in [6, 6.07) is 2.45. The highest BCUT2D eigenvalue weighted by Gasteiger charge is 2.40. The molecular weight excluding hydrogens is 280 g/mol. The molecule has 0 aromatic carbocycles. The summed E-state index contributed by atoms with van der Waals surface area (Å²) in [7, 11) is 0. The Balaban J connectivity index is 2.15. The lowest BCUT2D eigenvalue weighted by Crippen LogP contribution is -2.49. The predicted octanol–water partition coefficient (Wildman–Crippen LogP) is 0.696. The molecule has 1 saturated heterocycles. The van der Waals surface area contributed by atoms with Crippen molar-refractivity contribution < 1.29 is 19.4 Å². The highest BCUT2D eigenvalue weighted by atomic mass is 32.1. The molecule has 3 atom stereocenters. The first-order chi connectivity index (χ1) is 9.56. The molecule has 1 aliphatic heterocycles. The maximum absolute atomic E-state index is 12.5. The number of nitrogens with zero attached hydrogens (tertiary/aromatic N) is 1. The van der Waals surface area contributed by atoms with Gasteiger partial charge in [-0.25, -0.2) is 0 Å². The van der Waals surface area contributed by atoms with Gasteiger partial charge in [0.1, 0.15) is 12.0 Å². The lowest BCUT2D eigenvalue weighted by molar-refractivity contribution is -0.145. The zero-order chi connectivity index (χ0) is 14.7. The number of carboxylic acids is 1. The number of thiophene rings is 1. The molecule has 1 fully saturated rings. The van der Waals surface area contributed by atoms with Crippen LogP contribution in [0.2, 0.25) is 0 Å². The number of nitrogens with two attached hydrogens (primary N) is 1. The van der Waals surface area contributed by atoms with Crippen LogP contribution in [-0.2, 0) is 14.3 Å². The third-order valence-corrected chi connectivity index (χ3v) is 4.46. The Morgan fingerprint density at radius 1 is 1.60 bits per heavy atom. The van der Waals surface area contributed by atoms with Gasteiger partial charge in [-0.1, -0.05) is 6.07 Å². The minimum atomic E-state index is -0.941. The molecule has 6 nitrogen and oxygen atoms in total. The molecule has 110 valence electrons. The first kappa shape index (κ1) is 15.0. The summed E-state index contributed by atoms with van der Waals surface area (Å²) in [5.74, 6) is -1.88. The third-order valence-electron chi connectivity index (χ3n) is 3.51. The van der Waals surface area contributed by atoms with Crippen molar-refractivity contribution in [2.24, 2.45) is 11.7 Å². The molecule has 3 unspecified atom stereocenters. The van der Waals surface area contributed by atoms with Crippen molar-refractivity contribution in [3.05, 3.63) is 22.4 Å². The predicted molar refractivity (Wildman–Crippen MR) is 74.4 cm³/mol. The fraction of sp³-hybridized carbons (Fsp3) is 0.538. The smallest absolute Gasteiger partial charge is 0.311 e. The summed E-state index contributed by atoms with van der Waals surface area (Å²) in [5.41, 5.74) is 5.98. The van der Waals surface area contributed by atoms with Gasteiger partial charge < -0.3 is 20.5 Å². The topological polar surface area (TPSA) is 92.9 Å². The summed E-state index contributed by atoms with van der Waals surface area (Å²) in [6.07, 6.45) is 0. The van der Waals surface area contributed by atoms with Gasteiger partial charge in [0.15, 0.2) is 0 Å². The van der Waals surface area contributed by atoms with Crippen molar-refractivity contribution in [1.82, 2.24) is 4.90 Å². The first-order valence-electron chi connectivity index (χ1n) is 6.46. The SMILES string of the molecule is CCN(C(=O)C(N)c1cccs1)C1COCC1C(=O)O. The van der Waals surface area contributed by atoms with Gasteiger partial charge in [-0.05, 0) is 18.4 Å². The average molecular weight is 298 g/mol. The first-order valence-corrected chi connectivity index (χ1v) is 7.34. The van der Waals surface area contributed by atoms with Crippen LogP contribution < -0.4 is 5.73 Å². The number of likely N-dealkylation sites (N-methyl/N-ethyl adjacent to an activating group) is 1. The molecule has 1 aliphatic rings. The Labute approximate surface area is 121 Å². The molecule has 0 aliphatic carbocycles. The maximum Gasteiger partial charge on any atom is 0.311 e. The fourth-order valence-corrected chi connectivity index (χ4v) is 3.13. The van der Waals surface area contributed by atoms with Crippen molar-refractivity contribution in [2.45, 2.75) is 19.0 Å². The number of ether oxygens (including phenoxy) is 1. The van der Waals surface area contributed by atoms with E-state index >= 15 is 0 Å². The second-order valence-corrected chi connectivity index (χ2v) is 5.65. The molecule has 2 rings (SSSR count). The highest BCUT2D eigenvalue weighted by Crippen LogP contribution is 2.25. The minimum Gasteiger partial charge on any atom is -0.481 e. The number of amides is 1. The van der Waals surface area contributed by atoms with Crippen LogP contribution in [0.4, 0.5) is 0 Å². The largest absolute Gasteiger partial charge is 0.481 e. The number of carbonyl (C=O) groups excluding carboxylic acids is 1. The van der Waals surface area contributed by atoms with Crippen LogP contribution in [0.15, 0.2) is 17.5 Å². The normalized spacial score (nSPS) is 23.5. The Morgan fingerprint density at radius 3 is 2.90 bits per heavy atom. The lowest BCUT2D eigenvalue weighted by Gasteiger charge is -2.31. The molecule has 20 heavy (non-hydrogen) atoms. The van der Waals surface area contributed by atoms with Crippen molar-refractivity contribution in [3.8, 4) is 0 Å². The standard InChI is InChI=1S/C13H18N2O4S/c1-2-15(9-7-19-6-8(9)13(17)18)12(16)11(14)10-4-3-5-20-10/h3-5,8-9,11H,2,6-7,14H2,1H3,(H,17,18). The Hall–Kier alpha value is -1.44. The van der Waals surface area contributed by atoms with Crippen molar-refractivity contribution in [2.75, 3.05) is 19.8 Å². The zero-order valence-corrected chi connectivity index (χ0v) is 12.0. The van der Waals surface area contributed by atoms with Crippen molar-refractivity contribution >= 4 is 23.2 Å². The van der Waals surface area contributed by atoms with Gasteiger partial charge >= 0.3 is 5.97 Å². The van der Waals surface area contributed by atoms with Crippen LogP contribution in [-0.4, -0.2) is 47.7 Å². The zero-order valence-electron chi connectivity index (χ0n) is 11.2. The molecular formula is C13H18N2O4S. The molecule has 1 aromatic heterocycles. The number of hydrogen-bond donors (Lipinski definition) is 2. The maximum atomic E-state index is 12.5. The lowest BCUT2D eigenvalue weighted by atomic mass is 10.0. The molecule has 7 heteroatoms. The van der Waals surface area contributed by atoms with Crippen molar-refractivity contribution in [3.63, 3.8) is 0 Å². The third kappa shape index (κ3) is 2.84. The summed E-state index contributed by atoms with van der Waals surface area (Å²) < 4.78 is 5.22. The quantitative estimate of drug-likeness (QED) is 0.834. The second-order valence-electron chi connectivity index (χ2n) is 4.67. The van der Waals surface area contributed by atoms with E-state index in [4.69, 9.17) is 10.5 Å². The van der Waals surface area contributed by atoms with E-state index in [0.717, 1.165) is 4.88 Å². The molecule has 0 radical (unpaired) electrons. The van der Waals surface area contributed by atoms with Gasteiger partial charge in [0.25, 0.3) is 0 Å². The van der Waals surface area contributed by atoms with Crippen molar-refractivity contribution in [1.29, 1.82) is 0 Å². The molecule has 2 heterocycles. The van der Waals surface area contributed by atoms with Crippen LogP contribution in [0.5, 0.6) is 0 Å². The second kappa shape index (κ2) is 6.34. The molecule has 0 spiro atoms. The highest BCUT2D eigenvalue weighted by molar-refractivity contribution is 7.10. The van der Waals surface area contributed by atoms with Gasteiger partial charge in [0.2, 0.25) is 5.91 Å². The number of carbonyl (C=O) groups is 2. The van der Waals surface area contributed by atoms with E-state index in [0.29, 0.717) is 6.54 Å². The van der Waals surface area contributed by atoms with E-state index in [1.165, 1.54) is 16.2 Å². The minimum absolute atomic E-state index is 0.137. The fourth-order valence-electron chi connectivity index (χ4n) is 2.41. The summed E-state index contributed by atoms with van der Waals surface area (Å²) in [5, 5.41) is 11.0. The van der Waals surface area contributed by atoms with Crippen LogP contribution in [0.3, 0.4) is 0 Å². The van der Waals surface area contributed by atoms with Crippen LogP contribution in [0.25, 0.3) is 0 Å². The molecule has 0 bridgehead atoms. The van der Waals surface area contributed by atoms with Gasteiger partial charge in [-0.2, -0.15) is 0 Å². The molecule has 0 saturated carbocycles. The Morgan fingerprint density at radius 2 is 2.35 bits per heavy atom. The van der Waals surface area contributed by atoms with Gasteiger partial charge in [0, 0.05) is 11.4 Å². The summed E-state index contributed by atoms with van der Waals surface area (Å²) in [4.78, 5) is 26.0. The molecule has 1 amide bonds. The number of carboxylic acid groups (broad SMARTS) is 1. The van der Waals surface area contributed by atoms with Gasteiger partial charge in [-0.3, -0.25) is 9.59 Å².